The fourth-order valence-corrected chi connectivity index (χ4v) is 10.2. The van der Waals surface area contributed by atoms with Crippen LogP contribution in [-0.2, 0) is 0 Å². The summed E-state index contributed by atoms with van der Waals surface area (Å²) in [6, 6.07) is 57.0. The quantitative estimate of drug-likeness (QED) is 0.182. The van der Waals surface area contributed by atoms with E-state index in [1.165, 1.54) is 67.4 Å². The topological polar surface area (TPSA) is 16.1 Å². The van der Waals surface area contributed by atoms with E-state index < -0.39 is 0 Å². The van der Waals surface area contributed by atoms with Gasteiger partial charge in [-0.1, -0.05) is 103 Å². The van der Waals surface area contributed by atoms with Gasteiger partial charge in [0.2, 0.25) is 0 Å². The Hall–Kier alpha value is -5.33. The van der Waals surface area contributed by atoms with E-state index >= 15 is 0 Å². The van der Waals surface area contributed by atoms with Crippen molar-refractivity contribution in [2.24, 2.45) is 0 Å². The minimum atomic E-state index is 1.07. The van der Waals surface area contributed by atoms with E-state index in [1.54, 1.807) is 11.3 Å². The number of para-hydroxylation sites is 1. The van der Waals surface area contributed by atoms with E-state index in [-0.39, 0.29) is 0 Å². The summed E-state index contributed by atoms with van der Waals surface area (Å²) in [7, 11) is 0. The average Bonchev–Trinajstić information content (AvgIpc) is 3.86. The number of hydrogen-bond acceptors (Lipinski definition) is 5. The highest BCUT2D eigenvalue weighted by molar-refractivity contribution is 7.27. The minimum absolute atomic E-state index is 1.07. The van der Waals surface area contributed by atoms with Crippen molar-refractivity contribution in [3.63, 3.8) is 0 Å². The van der Waals surface area contributed by atoms with Gasteiger partial charge in [-0.15, -0.1) is 34.0 Å². The molecule has 0 spiro atoms. The molecule has 0 aliphatic heterocycles. The first-order chi connectivity index (χ1) is 23.8. The molecular weight excluding hydrogens is 641 g/mol. The number of benzene rings is 7. The van der Waals surface area contributed by atoms with Gasteiger partial charge in [-0.2, -0.15) is 0 Å². The van der Waals surface area contributed by atoms with Gasteiger partial charge in [0.1, 0.15) is 5.01 Å². The van der Waals surface area contributed by atoms with Gasteiger partial charge >= 0.3 is 0 Å². The van der Waals surface area contributed by atoms with Crippen LogP contribution < -0.4 is 4.90 Å². The first kappa shape index (κ1) is 27.8. The second-order valence-electron chi connectivity index (χ2n) is 12.0. The number of fused-ring (bicyclic) bond motifs is 8. The predicted octanol–water partition coefficient (Wildman–Crippen LogP) is 13.8. The lowest BCUT2D eigenvalue weighted by Crippen LogP contribution is -2.09. The fraction of sp³-hybridized carbons (Fsp3) is 0. The lowest BCUT2D eigenvalue weighted by Gasteiger charge is -2.26. The highest BCUT2D eigenvalue weighted by atomic mass is 32.1. The molecule has 0 fully saturated rings. The Kier molecular flexibility index (Phi) is 6.44. The molecular formula is C43H26N2S3. The second kappa shape index (κ2) is 11.1. The normalized spacial score (nSPS) is 11.8. The van der Waals surface area contributed by atoms with Crippen molar-refractivity contribution < 1.29 is 0 Å². The van der Waals surface area contributed by atoms with Crippen molar-refractivity contribution in [1.82, 2.24) is 4.98 Å². The largest absolute Gasteiger partial charge is 0.309 e. The van der Waals surface area contributed by atoms with Crippen LogP contribution in [0, 0.1) is 0 Å². The molecule has 0 bridgehead atoms. The molecule has 5 heteroatoms. The molecule has 3 heterocycles. The molecule has 0 amide bonds. The number of nitrogens with zero attached hydrogens (tertiary/aromatic N) is 2. The zero-order valence-corrected chi connectivity index (χ0v) is 28.1. The first-order valence-corrected chi connectivity index (χ1v) is 18.4. The van der Waals surface area contributed by atoms with Gasteiger partial charge in [0.05, 0.1) is 20.6 Å². The SMILES string of the molecule is c1ccc(-c2nc3c(ccc4sc5cc(-c6ccc(N(c7ccccc7)c7cccc8c7sc7ccccc78)cc6)ccc5c43)s2)cc1. The summed E-state index contributed by atoms with van der Waals surface area (Å²) < 4.78 is 6.41. The van der Waals surface area contributed by atoms with Gasteiger partial charge in [-0.25, -0.2) is 4.98 Å². The average molecular weight is 667 g/mol. The standard InChI is InChI=1S/C43H26N2S3/c1-3-10-28(11-4-1)43-44-41-38(48-43)25-24-37-40(41)34-23-20-29(26-39(34)46-37)27-18-21-31(22-19-27)45(30-12-5-2-6-13-30)35-16-9-15-33-32-14-7-8-17-36(32)47-42(33)35/h1-26H. The van der Waals surface area contributed by atoms with Crippen molar-refractivity contribution in [2.45, 2.75) is 0 Å². The van der Waals surface area contributed by atoms with Crippen LogP contribution in [0.25, 0.3) is 72.3 Å². The van der Waals surface area contributed by atoms with Crippen molar-refractivity contribution in [3.05, 3.63) is 158 Å². The van der Waals surface area contributed by atoms with Crippen LogP contribution in [-0.4, -0.2) is 4.98 Å². The van der Waals surface area contributed by atoms with Crippen LogP contribution in [0.2, 0.25) is 0 Å². The maximum Gasteiger partial charge on any atom is 0.124 e. The molecule has 0 aliphatic carbocycles. The van der Waals surface area contributed by atoms with Gasteiger partial charge < -0.3 is 4.90 Å². The second-order valence-corrected chi connectivity index (χ2v) is 15.1. The van der Waals surface area contributed by atoms with Crippen LogP contribution in [0.3, 0.4) is 0 Å². The molecule has 0 aliphatic rings. The Morgan fingerprint density at radius 2 is 1.12 bits per heavy atom. The summed E-state index contributed by atoms with van der Waals surface area (Å²) in [5.74, 6) is 0. The molecule has 10 aromatic rings. The molecule has 48 heavy (non-hydrogen) atoms. The van der Waals surface area contributed by atoms with Crippen LogP contribution in [0.15, 0.2) is 158 Å². The third-order valence-corrected chi connectivity index (χ3v) is 12.5. The van der Waals surface area contributed by atoms with Crippen molar-refractivity contribution in [1.29, 1.82) is 0 Å². The van der Waals surface area contributed by atoms with E-state index in [0.717, 1.165) is 21.9 Å². The number of thiazole rings is 1. The highest BCUT2D eigenvalue weighted by Crippen LogP contribution is 2.46. The molecule has 3 aromatic heterocycles. The molecule has 0 N–H and O–H groups in total. The van der Waals surface area contributed by atoms with Gasteiger partial charge in [0, 0.05) is 52.6 Å². The summed E-state index contributed by atoms with van der Waals surface area (Å²) in [6.07, 6.45) is 0. The molecule has 7 aromatic carbocycles. The smallest absolute Gasteiger partial charge is 0.124 e. The fourth-order valence-electron chi connectivity index (χ4n) is 6.85. The van der Waals surface area contributed by atoms with E-state index in [9.17, 15) is 0 Å². The van der Waals surface area contributed by atoms with Crippen LogP contribution in [0.5, 0.6) is 0 Å². The number of aromatic nitrogens is 1. The minimum Gasteiger partial charge on any atom is -0.309 e. The van der Waals surface area contributed by atoms with Crippen molar-refractivity contribution >= 4 is 102 Å². The van der Waals surface area contributed by atoms with E-state index in [4.69, 9.17) is 4.98 Å². The Morgan fingerprint density at radius 3 is 1.98 bits per heavy atom. The van der Waals surface area contributed by atoms with Crippen LogP contribution in [0.1, 0.15) is 0 Å². The van der Waals surface area contributed by atoms with E-state index in [1.807, 2.05) is 22.7 Å². The van der Waals surface area contributed by atoms with Crippen LogP contribution in [0.4, 0.5) is 17.1 Å². The van der Waals surface area contributed by atoms with Crippen molar-refractivity contribution in [3.8, 4) is 21.7 Å². The lowest BCUT2D eigenvalue weighted by atomic mass is 10.0. The summed E-state index contributed by atoms with van der Waals surface area (Å²) in [4.78, 5) is 7.53. The molecule has 10 rings (SSSR count). The zero-order valence-electron chi connectivity index (χ0n) is 25.6. The van der Waals surface area contributed by atoms with Gasteiger partial charge in [0.25, 0.3) is 0 Å². The predicted molar refractivity (Wildman–Crippen MR) is 211 cm³/mol. The maximum absolute atomic E-state index is 5.14. The first-order valence-electron chi connectivity index (χ1n) is 16.0. The molecule has 0 unspecified atom stereocenters. The van der Waals surface area contributed by atoms with Gasteiger partial charge in [0.15, 0.2) is 0 Å². The van der Waals surface area contributed by atoms with Crippen molar-refractivity contribution in [2.75, 3.05) is 4.90 Å². The van der Waals surface area contributed by atoms with Gasteiger partial charge in [-0.3, -0.25) is 0 Å². The molecule has 2 nitrogen and oxygen atoms in total. The maximum atomic E-state index is 5.14. The Morgan fingerprint density at radius 1 is 0.417 bits per heavy atom. The van der Waals surface area contributed by atoms with E-state index in [2.05, 4.69) is 163 Å². The number of rotatable bonds is 5. The Labute approximate surface area is 289 Å². The lowest BCUT2D eigenvalue weighted by molar-refractivity contribution is 1.30. The monoisotopic (exact) mass is 666 g/mol. The van der Waals surface area contributed by atoms with E-state index in [0.29, 0.717) is 0 Å². The summed E-state index contributed by atoms with van der Waals surface area (Å²) in [6.45, 7) is 0. The summed E-state index contributed by atoms with van der Waals surface area (Å²) >= 11 is 5.49. The Balaban J connectivity index is 1.06. The molecule has 0 radical (unpaired) electrons. The third-order valence-electron chi connectivity index (χ3n) is 9.11. The van der Waals surface area contributed by atoms with Crippen LogP contribution >= 0.6 is 34.0 Å². The molecule has 0 atom stereocenters. The zero-order chi connectivity index (χ0) is 31.6. The number of hydrogen-bond donors (Lipinski definition) is 0. The number of anilines is 3. The number of thiophene rings is 2. The third kappa shape index (κ3) is 4.47. The van der Waals surface area contributed by atoms with Gasteiger partial charge in [-0.05, 0) is 65.7 Å². The molecule has 0 saturated heterocycles. The molecule has 0 saturated carbocycles. The summed E-state index contributed by atoms with van der Waals surface area (Å²) in [5.41, 5.74) is 8.18. The Bertz CT molecular complexity index is 2770. The highest BCUT2D eigenvalue weighted by Gasteiger charge is 2.19. The molecule has 226 valence electrons. The summed E-state index contributed by atoms with van der Waals surface area (Å²) in [5, 5.41) is 6.22.